The molecule has 0 bridgehead atoms. The summed E-state index contributed by atoms with van der Waals surface area (Å²) in [5.74, 6) is 0.0314. The Morgan fingerprint density at radius 1 is 1.44 bits per heavy atom. The number of nitrogens with zero attached hydrogens (tertiary/aromatic N) is 1. The lowest BCUT2D eigenvalue weighted by Gasteiger charge is -2.46. The minimum absolute atomic E-state index is 0.0314. The van der Waals surface area contributed by atoms with Crippen LogP contribution in [0.1, 0.15) is 25.3 Å². The number of rotatable bonds is 4. The van der Waals surface area contributed by atoms with Gasteiger partial charge in [-0.15, -0.1) is 0 Å². The number of benzene rings is 1. The maximum Gasteiger partial charge on any atom is 0.227 e. The Hall–Kier alpha value is -1.06. The fourth-order valence-electron chi connectivity index (χ4n) is 2.38. The quantitative estimate of drug-likeness (QED) is 0.909. The van der Waals surface area contributed by atoms with Crippen LogP contribution in [-0.2, 0) is 11.2 Å². The second-order valence-electron chi connectivity index (χ2n) is 4.99. The van der Waals surface area contributed by atoms with Crippen molar-refractivity contribution in [3.05, 3.63) is 34.9 Å². The fourth-order valence-corrected chi connectivity index (χ4v) is 2.58. The topological polar surface area (TPSA) is 40.5 Å². The molecule has 1 aromatic carbocycles. The Balaban J connectivity index is 1.90. The largest absolute Gasteiger partial charge is 0.386 e. The van der Waals surface area contributed by atoms with Crippen molar-refractivity contribution in [1.82, 2.24) is 4.90 Å². The van der Waals surface area contributed by atoms with E-state index in [1.807, 2.05) is 25.1 Å². The first kappa shape index (κ1) is 13.4. The molecule has 1 saturated heterocycles. The summed E-state index contributed by atoms with van der Waals surface area (Å²) in [6, 6.07) is 7.36. The first-order valence-corrected chi connectivity index (χ1v) is 6.65. The van der Waals surface area contributed by atoms with Gasteiger partial charge in [0.05, 0.1) is 25.1 Å². The predicted octanol–water partition coefficient (Wildman–Crippen LogP) is 2.26. The van der Waals surface area contributed by atoms with Crippen LogP contribution in [0.3, 0.4) is 0 Å². The van der Waals surface area contributed by atoms with Crippen LogP contribution in [0.25, 0.3) is 0 Å². The predicted molar refractivity (Wildman–Crippen MR) is 71.6 cm³/mol. The first-order chi connectivity index (χ1) is 8.54. The third-order valence-electron chi connectivity index (χ3n) is 3.34. The molecule has 2 rings (SSSR count). The maximum atomic E-state index is 12.0. The first-order valence-electron chi connectivity index (χ1n) is 6.27. The van der Waals surface area contributed by atoms with Crippen LogP contribution in [0.15, 0.2) is 24.3 Å². The van der Waals surface area contributed by atoms with E-state index in [9.17, 15) is 9.90 Å². The highest BCUT2D eigenvalue weighted by Gasteiger charge is 2.42. The molecule has 1 aromatic rings. The lowest BCUT2D eigenvalue weighted by molar-refractivity contribution is -0.155. The number of β-amino-alcohol motifs (C(OH)–C–C–N with tert-alkyl or cyclic N) is 1. The summed E-state index contributed by atoms with van der Waals surface area (Å²) >= 11 is 6.02. The zero-order valence-corrected chi connectivity index (χ0v) is 11.3. The van der Waals surface area contributed by atoms with E-state index in [4.69, 9.17) is 11.6 Å². The van der Waals surface area contributed by atoms with Crippen LogP contribution >= 0.6 is 11.6 Å². The van der Waals surface area contributed by atoms with Gasteiger partial charge >= 0.3 is 0 Å². The second-order valence-corrected chi connectivity index (χ2v) is 5.40. The van der Waals surface area contributed by atoms with Gasteiger partial charge in [0.15, 0.2) is 0 Å². The molecule has 4 heteroatoms. The van der Waals surface area contributed by atoms with Gasteiger partial charge < -0.3 is 10.0 Å². The van der Waals surface area contributed by atoms with E-state index in [0.717, 1.165) is 18.4 Å². The van der Waals surface area contributed by atoms with Crippen LogP contribution in [0.5, 0.6) is 0 Å². The highest BCUT2D eigenvalue weighted by atomic mass is 35.5. The lowest BCUT2D eigenvalue weighted by atomic mass is 9.89. The molecular weight excluding hydrogens is 250 g/mol. The van der Waals surface area contributed by atoms with Crippen molar-refractivity contribution in [1.29, 1.82) is 0 Å². The van der Waals surface area contributed by atoms with Crippen molar-refractivity contribution in [3.63, 3.8) is 0 Å². The van der Waals surface area contributed by atoms with E-state index in [2.05, 4.69) is 0 Å². The lowest BCUT2D eigenvalue weighted by Crippen LogP contribution is -2.63. The molecule has 1 aliphatic rings. The number of hydrogen-bond donors (Lipinski definition) is 1. The summed E-state index contributed by atoms with van der Waals surface area (Å²) in [7, 11) is 0. The number of likely N-dealkylation sites (tertiary alicyclic amines) is 1. The van der Waals surface area contributed by atoms with Gasteiger partial charge in [-0.05, 0) is 18.1 Å². The number of hydrogen-bond acceptors (Lipinski definition) is 2. The minimum Gasteiger partial charge on any atom is -0.386 e. The number of halogens is 1. The van der Waals surface area contributed by atoms with E-state index >= 15 is 0 Å². The standard InChI is InChI=1S/C14H18ClNO2/c1-2-7-14(18)9-16(10-14)13(17)8-11-5-3-4-6-12(11)15/h3-6,18H,2,7-10H2,1H3. The van der Waals surface area contributed by atoms with Gasteiger partial charge in [-0.25, -0.2) is 0 Å². The van der Waals surface area contributed by atoms with Gasteiger partial charge in [-0.3, -0.25) is 4.79 Å². The zero-order chi connectivity index (χ0) is 13.2. The number of amides is 1. The second kappa shape index (κ2) is 5.29. The summed E-state index contributed by atoms with van der Waals surface area (Å²) < 4.78 is 0. The van der Waals surface area contributed by atoms with Crippen LogP contribution in [0, 0.1) is 0 Å². The van der Waals surface area contributed by atoms with Gasteiger partial charge in [0, 0.05) is 5.02 Å². The number of carbonyl (C=O) groups is 1. The summed E-state index contributed by atoms with van der Waals surface area (Å²) in [6.07, 6.45) is 1.99. The van der Waals surface area contributed by atoms with Crippen LogP contribution in [-0.4, -0.2) is 34.6 Å². The number of aliphatic hydroxyl groups is 1. The highest BCUT2D eigenvalue weighted by Crippen LogP contribution is 2.27. The smallest absolute Gasteiger partial charge is 0.227 e. The molecule has 0 spiro atoms. The molecule has 98 valence electrons. The molecule has 0 unspecified atom stereocenters. The Labute approximate surface area is 112 Å². The molecule has 1 N–H and O–H groups in total. The summed E-state index contributed by atoms with van der Waals surface area (Å²) in [4.78, 5) is 13.7. The van der Waals surface area contributed by atoms with Gasteiger partial charge in [-0.1, -0.05) is 43.1 Å². The van der Waals surface area contributed by atoms with Gasteiger partial charge in [0.25, 0.3) is 0 Å². The zero-order valence-electron chi connectivity index (χ0n) is 10.5. The van der Waals surface area contributed by atoms with E-state index < -0.39 is 5.60 Å². The summed E-state index contributed by atoms with van der Waals surface area (Å²) in [6.45, 7) is 2.93. The molecule has 0 aromatic heterocycles. The van der Waals surface area contributed by atoms with E-state index in [1.165, 1.54) is 0 Å². The van der Waals surface area contributed by atoms with E-state index in [0.29, 0.717) is 24.5 Å². The van der Waals surface area contributed by atoms with Crippen LogP contribution in [0.2, 0.25) is 5.02 Å². The molecule has 1 heterocycles. The van der Waals surface area contributed by atoms with Crippen molar-refractivity contribution in [3.8, 4) is 0 Å². The molecule has 0 radical (unpaired) electrons. The Morgan fingerprint density at radius 2 is 2.11 bits per heavy atom. The fraction of sp³-hybridized carbons (Fsp3) is 0.500. The average molecular weight is 268 g/mol. The van der Waals surface area contributed by atoms with Crippen molar-refractivity contribution < 1.29 is 9.90 Å². The van der Waals surface area contributed by atoms with Gasteiger partial charge in [0.2, 0.25) is 5.91 Å². The molecule has 0 atom stereocenters. The third-order valence-corrected chi connectivity index (χ3v) is 3.71. The minimum atomic E-state index is -0.662. The van der Waals surface area contributed by atoms with Crippen molar-refractivity contribution in [2.45, 2.75) is 31.8 Å². The van der Waals surface area contributed by atoms with Crippen LogP contribution in [0.4, 0.5) is 0 Å². The number of carbonyl (C=O) groups excluding carboxylic acids is 1. The highest BCUT2D eigenvalue weighted by molar-refractivity contribution is 6.31. The summed E-state index contributed by atoms with van der Waals surface area (Å²) in [5, 5.41) is 10.7. The van der Waals surface area contributed by atoms with Gasteiger partial charge in [0.1, 0.15) is 0 Å². The molecule has 1 aliphatic heterocycles. The summed E-state index contributed by atoms with van der Waals surface area (Å²) in [5.41, 5.74) is 0.181. The molecule has 1 fully saturated rings. The SMILES string of the molecule is CCCC1(O)CN(C(=O)Cc2ccccc2Cl)C1. The molecule has 0 aliphatic carbocycles. The van der Waals surface area contributed by atoms with Gasteiger partial charge in [-0.2, -0.15) is 0 Å². The molecular formula is C14H18ClNO2. The van der Waals surface area contributed by atoms with E-state index in [-0.39, 0.29) is 5.91 Å². The third kappa shape index (κ3) is 2.85. The van der Waals surface area contributed by atoms with Crippen molar-refractivity contribution in [2.75, 3.05) is 13.1 Å². The Morgan fingerprint density at radius 3 is 2.72 bits per heavy atom. The maximum absolute atomic E-state index is 12.0. The Kier molecular flexibility index (Phi) is 3.93. The van der Waals surface area contributed by atoms with Crippen molar-refractivity contribution in [2.24, 2.45) is 0 Å². The molecule has 1 amide bonds. The monoisotopic (exact) mass is 267 g/mol. The normalized spacial score (nSPS) is 17.4. The van der Waals surface area contributed by atoms with Crippen LogP contribution < -0.4 is 0 Å². The van der Waals surface area contributed by atoms with E-state index in [1.54, 1.807) is 11.0 Å². The molecule has 3 nitrogen and oxygen atoms in total. The average Bonchev–Trinajstić information content (AvgIpc) is 2.29. The molecule has 0 saturated carbocycles. The Bertz CT molecular complexity index is 441. The molecule has 18 heavy (non-hydrogen) atoms. The van der Waals surface area contributed by atoms with Crippen molar-refractivity contribution >= 4 is 17.5 Å².